The van der Waals surface area contributed by atoms with Crippen LogP contribution < -0.4 is 0 Å². The van der Waals surface area contributed by atoms with Crippen LogP contribution in [0.4, 0.5) is 0 Å². The third kappa shape index (κ3) is 2.66. The largest absolute Gasteiger partial charge is 0.396 e. The normalized spacial score (nSPS) is 33.2. The van der Waals surface area contributed by atoms with Crippen LogP contribution in [0.3, 0.4) is 0 Å². The van der Waals surface area contributed by atoms with Crippen LogP contribution in [0.2, 0.25) is 0 Å². The molecule has 13 heavy (non-hydrogen) atoms. The molecule has 0 fully saturated rings. The highest BCUT2D eigenvalue weighted by molar-refractivity contribution is 5.03. The molecule has 0 unspecified atom stereocenters. The Balaban J connectivity index is 2.55. The molecule has 0 aromatic rings. The van der Waals surface area contributed by atoms with Crippen molar-refractivity contribution in [2.24, 2.45) is 5.92 Å². The number of hydrogen-bond donors (Lipinski definition) is 2. The minimum atomic E-state index is -0.278. The van der Waals surface area contributed by atoms with E-state index in [0.717, 1.165) is 6.42 Å². The number of rotatable bonds is 4. The summed E-state index contributed by atoms with van der Waals surface area (Å²) in [4.78, 5) is 0. The topological polar surface area (TPSA) is 49.7 Å². The average Bonchev–Trinajstić information content (AvgIpc) is 2.18. The van der Waals surface area contributed by atoms with Crippen molar-refractivity contribution in [3.63, 3.8) is 0 Å². The second-order valence-electron chi connectivity index (χ2n) is 3.15. The van der Waals surface area contributed by atoms with E-state index in [1.54, 1.807) is 6.08 Å². The van der Waals surface area contributed by atoms with Crippen LogP contribution in [0, 0.1) is 5.92 Å². The minimum Gasteiger partial charge on any atom is -0.396 e. The lowest BCUT2D eigenvalue weighted by atomic mass is 9.98. The van der Waals surface area contributed by atoms with Crippen LogP contribution in [-0.4, -0.2) is 35.6 Å². The lowest BCUT2D eigenvalue weighted by molar-refractivity contribution is -0.0586. The molecule has 1 heterocycles. The van der Waals surface area contributed by atoms with Gasteiger partial charge in [0.15, 0.2) is 0 Å². The molecule has 0 aromatic heterocycles. The molecule has 3 heteroatoms. The SMILES string of the molecule is C=CC[C@@H]1C=C[C@H](CO)[C@@H](CO)O1. The fraction of sp³-hybridized carbons (Fsp3) is 0.600. The first kappa shape index (κ1) is 10.4. The molecule has 1 aliphatic rings. The molecule has 0 aliphatic carbocycles. The van der Waals surface area contributed by atoms with Gasteiger partial charge in [-0.2, -0.15) is 0 Å². The Morgan fingerprint density at radius 1 is 1.31 bits per heavy atom. The van der Waals surface area contributed by atoms with Gasteiger partial charge >= 0.3 is 0 Å². The van der Waals surface area contributed by atoms with Crippen LogP contribution in [-0.2, 0) is 4.74 Å². The second kappa shape index (κ2) is 5.17. The van der Waals surface area contributed by atoms with Gasteiger partial charge in [0.1, 0.15) is 0 Å². The maximum absolute atomic E-state index is 8.98. The maximum Gasteiger partial charge on any atom is 0.0898 e. The van der Waals surface area contributed by atoms with Gasteiger partial charge in [-0.05, 0) is 6.42 Å². The van der Waals surface area contributed by atoms with Gasteiger partial charge in [0.2, 0.25) is 0 Å². The highest BCUT2D eigenvalue weighted by Gasteiger charge is 2.25. The van der Waals surface area contributed by atoms with Gasteiger partial charge in [-0.3, -0.25) is 0 Å². The van der Waals surface area contributed by atoms with Crippen molar-refractivity contribution in [2.45, 2.75) is 18.6 Å². The summed E-state index contributed by atoms with van der Waals surface area (Å²) < 4.78 is 5.51. The van der Waals surface area contributed by atoms with Crippen molar-refractivity contribution in [1.29, 1.82) is 0 Å². The summed E-state index contributed by atoms with van der Waals surface area (Å²) in [5, 5.41) is 17.9. The van der Waals surface area contributed by atoms with E-state index >= 15 is 0 Å². The summed E-state index contributed by atoms with van der Waals surface area (Å²) in [6, 6.07) is 0. The van der Waals surface area contributed by atoms with E-state index < -0.39 is 0 Å². The zero-order chi connectivity index (χ0) is 9.68. The van der Waals surface area contributed by atoms with Crippen LogP contribution in [0.15, 0.2) is 24.8 Å². The Labute approximate surface area is 78.3 Å². The zero-order valence-electron chi connectivity index (χ0n) is 7.60. The summed E-state index contributed by atoms with van der Waals surface area (Å²) in [6.07, 6.45) is 6.05. The van der Waals surface area contributed by atoms with E-state index in [4.69, 9.17) is 14.9 Å². The summed E-state index contributed by atoms with van der Waals surface area (Å²) in [7, 11) is 0. The summed E-state index contributed by atoms with van der Waals surface area (Å²) >= 11 is 0. The van der Waals surface area contributed by atoms with Crippen LogP contribution in [0.5, 0.6) is 0 Å². The Kier molecular flexibility index (Phi) is 4.15. The van der Waals surface area contributed by atoms with Gasteiger partial charge in [0.25, 0.3) is 0 Å². The zero-order valence-corrected chi connectivity index (χ0v) is 7.60. The van der Waals surface area contributed by atoms with Crippen LogP contribution in [0.1, 0.15) is 6.42 Å². The summed E-state index contributed by atoms with van der Waals surface area (Å²) in [5.41, 5.74) is 0. The maximum atomic E-state index is 8.98. The van der Waals surface area contributed by atoms with Crippen LogP contribution in [0.25, 0.3) is 0 Å². The third-order valence-electron chi connectivity index (χ3n) is 2.19. The molecular formula is C10H16O3. The highest BCUT2D eigenvalue weighted by atomic mass is 16.5. The molecule has 0 aromatic carbocycles. The molecule has 0 bridgehead atoms. The number of hydrogen-bond acceptors (Lipinski definition) is 3. The van der Waals surface area contributed by atoms with E-state index in [9.17, 15) is 0 Å². The van der Waals surface area contributed by atoms with E-state index in [1.807, 2.05) is 12.2 Å². The number of aliphatic hydroxyl groups is 2. The standard InChI is InChI=1S/C10H16O3/c1-2-3-9-5-4-8(6-11)10(7-12)13-9/h2,4-5,8-12H,1,3,6-7H2/t8-,9-,10-/m1/s1. The van der Waals surface area contributed by atoms with Crippen molar-refractivity contribution in [3.8, 4) is 0 Å². The fourth-order valence-corrected chi connectivity index (χ4v) is 1.42. The third-order valence-corrected chi connectivity index (χ3v) is 2.19. The molecule has 0 radical (unpaired) electrons. The Morgan fingerprint density at radius 2 is 2.08 bits per heavy atom. The minimum absolute atomic E-state index is 0.00236. The Morgan fingerprint density at radius 3 is 2.62 bits per heavy atom. The summed E-state index contributed by atoms with van der Waals surface area (Å²) in [5.74, 6) is -0.0777. The van der Waals surface area contributed by atoms with Gasteiger partial charge < -0.3 is 14.9 Å². The van der Waals surface area contributed by atoms with Crippen molar-refractivity contribution in [3.05, 3.63) is 24.8 Å². The molecular weight excluding hydrogens is 168 g/mol. The van der Waals surface area contributed by atoms with Gasteiger partial charge in [-0.1, -0.05) is 18.2 Å². The van der Waals surface area contributed by atoms with Gasteiger partial charge in [-0.25, -0.2) is 0 Å². The quantitative estimate of drug-likeness (QED) is 0.625. The molecule has 0 saturated heterocycles. The van der Waals surface area contributed by atoms with Crippen LogP contribution >= 0.6 is 0 Å². The fourth-order valence-electron chi connectivity index (χ4n) is 1.42. The first-order valence-electron chi connectivity index (χ1n) is 4.48. The predicted molar refractivity (Wildman–Crippen MR) is 50.3 cm³/mol. The molecule has 0 amide bonds. The first-order valence-corrected chi connectivity index (χ1v) is 4.48. The Bertz CT molecular complexity index is 189. The lowest BCUT2D eigenvalue weighted by Gasteiger charge is -2.29. The Hall–Kier alpha value is -0.640. The van der Waals surface area contributed by atoms with Gasteiger partial charge in [-0.15, -0.1) is 6.58 Å². The molecule has 0 spiro atoms. The summed E-state index contributed by atoms with van der Waals surface area (Å²) in [6.45, 7) is 3.58. The lowest BCUT2D eigenvalue weighted by Crippen LogP contribution is -2.35. The average molecular weight is 184 g/mol. The predicted octanol–water partition coefficient (Wildman–Crippen LogP) is 0.487. The van der Waals surface area contributed by atoms with E-state index in [-0.39, 0.29) is 31.3 Å². The van der Waals surface area contributed by atoms with Crippen molar-refractivity contribution < 1.29 is 14.9 Å². The van der Waals surface area contributed by atoms with E-state index in [2.05, 4.69) is 6.58 Å². The molecule has 3 nitrogen and oxygen atoms in total. The van der Waals surface area contributed by atoms with Gasteiger partial charge in [0, 0.05) is 5.92 Å². The smallest absolute Gasteiger partial charge is 0.0898 e. The molecule has 1 aliphatic heterocycles. The van der Waals surface area contributed by atoms with Crippen molar-refractivity contribution >= 4 is 0 Å². The molecule has 2 N–H and O–H groups in total. The molecule has 3 atom stereocenters. The van der Waals surface area contributed by atoms with E-state index in [0.29, 0.717) is 0 Å². The highest BCUT2D eigenvalue weighted by Crippen LogP contribution is 2.19. The van der Waals surface area contributed by atoms with Crippen molar-refractivity contribution in [2.75, 3.05) is 13.2 Å². The molecule has 74 valence electrons. The number of ether oxygens (including phenoxy) is 1. The van der Waals surface area contributed by atoms with E-state index in [1.165, 1.54) is 0 Å². The second-order valence-corrected chi connectivity index (χ2v) is 3.15. The number of aliphatic hydroxyl groups excluding tert-OH is 2. The molecule has 1 rings (SSSR count). The van der Waals surface area contributed by atoms with Crippen molar-refractivity contribution in [1.82, 2.24) is 0 Å². The molecule has 0 saturated carbocycles. The first-order chi connectivity index (χ1) is 6.31. The monoisotopic (exact) mass is 184 g/mol. The van der Waals surface area contributed by atoms with Gasteiger partial charge in [0.05, 0.1) is 25.4 Å².